The van der Waals surface area contributed by atoms with Gasteiger partial charge in [0.2, 0.25) is 11.8 Å². The number of rotatable bonds is 6. The van der Waals surface area contributed by atoms with Crippen molar-refractivity contribution in [2.75, 3.05) is 37.6 Å². The molecule has 0 saturated carbocycles. The third-order valence-electron chi connectivity index (χ3n) is 4.83. The fourth-order valence-electron chi connectivity index (χ4n) is 3.37. The molecule has 0 spiro atoms. The lowest BCUT2D eigenvalue weighted by Crippen LogP contribution is -2.49. The first-order valence-corrected chi connectivity index (χ1v) is 9.09. The monoisotopic (exact) mass is 342 g/mol. The van der Waals surface area contributed by atoms with Gasteiger partial charge in [-0.1, -0.05) is 18.2 Å². The van der Waals surface area contributed by atoms with Crippen LogP contribution in [0.2, 0.25) is 0 Å². The minimum Gasteiger partial charge on any atom is -0.356 e. The van der Waals surface area contributed by atoms with E-state index in [9.17, 15) is 9.59 Å². The average Bonchev–Trinajstić information content (AvgIpc) is 3.15. The molecular formula is C19H26N4O2. The van der Waals surface area contributed by atoms with Gasteiger partial charge >= 0.3 is 0 Å². The van der Waals surface area contributed by atoms with Gasteiger partial charge in [0.1, 0.15) is 5.82 Å². The van der Waals surface area contributed by atoms with E-state index in [0.717, 1.165) is 31.7 Å². The van der Waals surface area contributed by atoms with Gasteiger partial charge in [-0.25, -0.2) is 4.98 Å². The summed E-state index contributed by atoms with van der Waals surface area (Å²) >= 11 is 0. The lowest BCUT2D eigenvalue weighted by molar-refractivity contribution is -0.131. The first-order chi connectivity index (χ1) is 12.2. The van der Waals surface area contributed by atoms with Crippen molar-refractivity contribution in [1.29, 1.82) is 0 Å². The highest BCUT2D eigenvalue weighted by molar-refractivity contribution is 5.79. The number of allylic oxidation sites excluding steroid dienone is 2. The Kier molecular flexibility index (Phi) is 6.04. The normalized spacial score (nSPS) is 19.9. The number of amides is 2. The SMILES string of the molecule is O=C(CC1C=CCC1)NCCC(=O)N1CCN(c2ccccn2)CC1. The van der Waals surface area contributed by atoms with Gasteiger partial charge in [-0.15, -0.1) is 0 Å². The highest BCUT2D eigenvalue weighted by Crippen LogP contribution is 2.20. The standard InChI is InChI=1S/C19H26N4O2/c24-18(15-16-5-1-2-6-16)21-10-8-19(25)23-13-11-22(12-14-23)17-7-3-4-9-20-17/h1,3-5,7,9,16H,2,6,8,10-15H2,(H,21,24). The van der Waals surface area contributed by atoms with E-state index in [1.165, 1.54) is 0 Å². The van der Waals surface area contributed by atoms with E-state index in [4.69, 9.17) is 0 Å². The topological polar surface area (TPSA) is 65.5 Å². The van der Waals surface area contributed by atoms with Crippen LogP contribution in [0, 0.1) is 5.92 Å². The summed E-state index contributed by atoms with van der Waals surface area (Å²) in [5, 5.41) is 2.87. The first-order valence-electron chi connectivity index (χ1n) is 9.09. The summed E-state index contributed by atoms with van der Waals surface area (Å²) in [6.45, 7) is 3.42. The molecule has 6 heteroatoms. The van der Waals surface area contributed by atoms with Crippen LogP contribution in [-0.2, 0) is 9.59 Å². The van der Waals surface area contributed by atoms with Crippen molar-refractivity contribution in [3.05, 3.63) is 36.5 Å². The minimum atomic E-state index is 0.0457. The Morgan fingerprint density at radius 1 is 1.20 bits per heavy atom. The first kappa shape index (κ1) is 17.5. The lowest BCUT2D eigenvalue weighted by Gasteiger charge is -2.35. The summed E-state index contributed by atoms with van der Waals surface area (Å²) in [6, 6.07) is 5.87. The molecule has 2 aliphatic rings. The predicted octanol–water partition coefficient (Wildman–Crippen LogP) is 1.59. The van der Waals surface area contributed by atoms with E-state index in [-0.39, 0.29) is 11.8 Å². The summed E-state index contributed by atoms with van der Waals surface area (Å²) in [5.74, 6) is 1.49. The number of carbonyl (C=O) groups excluding carboxylic acids is 2. The maximum absolute atomic E-state index is 12.3. The van der Waals surface area contributed by atoms with Crippen molar-refractivity contribution in [2.45, 2.75) is 25.7 Å². The Hall–Kier alpha value is -2.37. The van der Waals surface area contributed by atoms with E-state index < -0.39 is 0 Å². The predicted molar refractivity (Wildman–Crippen MR) is 97.1 cm³/mol. The summed E-state index contributed by atoms with van der Waals surface area (Å²) in [6.07, 6.45) is 9.08. The summed E-state index contributed by atoms with van der Waals surface area (Å²) < 4.78 is 0. The van der Waals surface area contributed by atoms with Crippen LogP contribution in [0.3, 0.4) is 0 Å². The smallest absolute Gasteiger partial charge is 0.224 e. The molecule has 1 aromatic rings. The van der Waals surface area contributed by atoms with Gasteiger partial charge in [0, 0.05) is 51.8 Å². The van der Waals surface area contributed by atoms with Crippen molar-refractivity contribution in [2.24, 2.45) is 5.92 Å². The second-order valence-corrected chi connectivity index (χ2v) is 6.63. The lowest BCUT2D eigenvalue weighted by atomic mass is 10.1. The van der Waals surface area contributed by atoms with Gasteiger partial charge in [-0.3, -0.25) is 9.59 Å². The molecule has 2 heterocycles. The van der Waals surface area contributed by atoms with Crippen LogP contribution in [0.25, 0.3) is 0 Å². The zero-order valence-electron chi connectivity index (χ0n) is 14.6. The Labute approximate surface area is 148 Å². The molecule has 0 bridgehead atoms. The van der Waals surface area contributed by atoms with Crippen LogP contribution >= 0.6 is 0 Å². The third kappa shape index (κ3) is 5.05. The fourth-order valence-corrected chi connectivity index (χ4v) is 3.37. The Morgan fingerprint density at radius 2 is 2.04 bits per heavy atom. The summed E-state index contributed by atoms with van der Waals surface area (Å²) in [7, 11) is 0. The molecule has 1 aliphatic heterocycles. The van der Waals surface area contributed by atoms with Gasteiger partial charge in [0.25, 0.3) is 0 Å². The largest absolute Gasteiger partial charge is 0.356 e. The number of pyridine rings is 1. The van der Waals surface area contributed by atoms with Crippen LogP contribution in [0.5, 0.6) is 0 Å². The number of hydrogen-bond acceptors (Lipinski definition) is 4. The molecule has 2 amide bonds. The van der Waals surface area contributed by atoms with Gasteiger partial charge < -0.3 is 15.1 Å². The maximum atomic E-state index is 12.3. The van der Waals surface area contributed by atoms with E-state index in [1.807, 2.05) is 23.1 Å². The molecular weight excluding hydrogens is 316 g/mol. The van der Waals surface area contributed by atoms with Crippen LogP contribution in [0.1, 0.15) is 25.7 Å². The number of anilines is 1. The molecule has 25 heavy (non-hydrogen) atoms. The average molecular weight is 342 g/mol. The molecule has 0 radical (unpaired) electrons. The van der Waals surface area contributed by atoms with Crippen molar-refractivity contribution in [1.82, 2.24) is 15.2 Å². The molecule has 1 atom stereocenters. The minimum absolute atomic E-state index is 0.0457. The van der Waals surface area contributed by atoms with Crippen molar-refractivity contribution >= 4 is 17.6 Å². The summed E-state index contributed by atoms with van der Waals surface area (Å²) in [5.41, 5.74) is 0. The van der Waals surface area contributed by atoms with Crippen LogP contribution in [0.15, 0.2) is 36.5 Å². The number of hydrogen-bond donors (Lipinski definition) is 1. The molecule has 6 nitrogen and oxygen atoms in total. The molecule has 1 aliphatic carbocycles. The van der Waals surface area contributed by atoms with E-state index in [1.54, 1.807) is 6.20 Å². The van der Waals surface area contributed by atoms with Crippen LogP contribution in [-0.4, -0.2) is 54.4 Å². The number of nitrogens with zero attached hydrogens (tertiary/aromatic N) is 3. The van der Waals surface area contributed by atoms with Crippen molar-refractivity contribution < 1.29 is 9.59 Å². The Morgan fingerprint density at radius 3 is 2.72 bits per heavy atom. The van der Waals surface area contributed by atoms with Gasteiger partial charge in [0.15, 0.2) is 0 Å². The highest BCUT2D eigenvalue weighted by atomic mass is 16.2. The van der Waals surface area contributed by atoms with Gasteiger partial charge in [-0.2, -0.15) is 0 Å². The molecule has 1 aromatic heterocycles. The van der Waals surface area contributed by atoms with Crippen LogP contribution < -0.4 is 10.2 Å². The van der Waals surface area contributed by atoms with E-state index in [0.29, 0.717) is 38.4 Å². The number of piperazine rings is 1. The molecule has 1 saturated heterocycles. The number of aromatic nitrogens is 1. The molecule has 1 fully saturated rings. The Balaban J connectivity index is 1.34. The molecule has 134 valence electrons. The molecule has 1 N–H and O–H groups in total. The molecule has 1 unspecified atom stereocenters. The fraction of sp³-hybridized carbons (Fsp3) is 0.526. The molecule has 3 rings (SSSR count). The van der Waals surface area contributed by atoms with Crippen LogP contribution in [0.4, 0.5) is 5.82 Å². The third-order valence-corrected chi connectivity index (χ3v) is 4.83. The quantitative estimate of drug-likeness (QED) is 0.798. The second-order valence-electron chi connectivity index (χ2n) is 6.63. The number of nitrogens with one attached hydrogen (secondary N) is 1. The van der Waals surface area contributed by atoms with E-state index >= 15 is 0 Å². The zero-order valence-corrected chi connectivity index (χ0v) is 14.6. The van der Waals surface area contributed by atoms with Gasteiger partial charge in [-0.05, 0) is 30.9 Å². The van der Waals surface area contributed by atoms with Gasteiger partial charge in [0.05, 0.1) is 0 Å². The van der Waals surface area contributed by atoms with E-state index in [2.05, 4.69) is 27.4 Å². The van der Waals surface area contributed by atoms with Crippen molar-refractivity contribution in [3.8, 4) is 0 Å². The maximum Gasteiger partial charge on any atom is 0.224 e. The second kappa shape index (κ2) is 8.65. The Bertz CT molecular complexity index is 609. The summed E-state index contributed by atoms with van der Waals surface area (Å²) in [4.78, 5) is 32.6. The molecule has 0 aromatic carbocycles. The van der Waals surface area contributed by atoms with Crippen molar-refractivity contribution in [3.63, 3.8) is 0 Å². The number of carbonyl (C=O) groups is 2. The zero-order chi connectivity index (χ0) is 17.5. The highest BCUT2D eigenvalue weighted by Gasteiger charge is 2.21.